The number of rotatable bonds is 0. The number of nitrogens with zero attached hydrogens (tertiary/aromatic N) is 1. The van der Waals surface area contributed by atoms with E-state index in [9.17, 15) is 0 Å². The summed E-state index contributed by atoms with van der Waals surface area (Å²) in [7, 11) is 0. The summed E-state index contributed by atoms with van der Waals surface area (Å²) in [6.07, 6.45) is 8.74. The molecule has 1 aliphatic heterocycles. The minimum atomic E-state index is 0.739. The summed E-state index contributed by atoms with van der Waals surface area (Å²) in [5, 5.41) is 3.22. The molecule has 0 radical (unpaired) electrons. The highest BCUT2D eigenvalue weighted by atomic mass is 15.0. The van der Waals surface area contributed by atoms with Crippen LogP contribution >= 0.6 is 0 Å². The van der Waals surface area contributed by atoms with Crippen LogP contribution in [0.15, 0.2) is 28.4 Å². The van der Waals surface area contributed by atoms with Crippen molar-refractivity contribution in [2.24, 2.45) is 4.99 Å². The van der Waals surface area contributed by atoms with E-state index >= 15 is 0 Å². The van der Waals surface area contributed by atoms with Crippen LogP contribution in [-0.4, -0.2) is 12.9 Å². The monoisotopic (exact) mass is 164 g/mol. The maximum absolute atomic E-state index is 4.12. The Morgan fingerprint density at radius 2 is 2.00 bits per heavy atom. The van der Waals surface area contributed by atoms with Crippen molar-refractivity contribution < 1.29 is 0 Å². The fraction of sp³-hybridized carbons (Fsp3) is 0.500. The van der Waals surface area contributed by atoms with Gasteiger partial charge in [0.25, 0.3) is 0 Å². The number of nitrogens with one attached hydrogen (secondary N) is 1. The molecular formula is C10H16N2. The molecule has 0 aromatic rings. The van der Waals surface area contributed by atoms with Gasteiger partial charge in [0.1, 0.15) is 6.67 Å². The lowest BCUT2D eigenvalue weighted by atomic mass is 10.0. The summed E-state index contributed by atoms with van der Waals surface area (Å²) in [5.41, 5.74) is 2.53. The van der Waals surface area contributed by atoms with Gasteiger partial charge in [-0.25, -0.2) is 0 Å². The van der Waals surface area contributed by atoms with E-state index in [1.165, 1.54) is 17.7 Å². The van der Waals surface area contributed by atoms with Gasteiger partial charge in [-0.2, -0.15) is 0 Å². The minimum absolute atomic E-state index is 0.739. The summed E-state index contributed by atoms with van der Waals surface area (Å²) in [4.78, 5) is 4.12. The van der Waals surface area contributed by atoms with Gasteiger partial charge < -0.3 is 5.32 Å². The quantitative estimate of drug-likeness (QED) is 0.583. The highest BCUT2D eigenvalue weighted by Gasteiger charge is 2.07. The predicted octanol–water partition coefficient (Wildman–Crippen LogP) is 2.25. The average molecular weight is 164 g/mol. The molecule has 2 heteroatoms. The van der Waals surface area contributed by atoms with Gasteiger partial charge in [-0.15, -0.1) is 0 Å². The van der Waals surface area contributed by atoms with Gasteiger partial charge >= 0.3 is 0 Å². The van der Waals surface area contributed by atoms with Crippen LogP contribution in [0.1, 0.15) is 26.7 Å². The van der Waals surface area contributed by atoms with E-state index in [0.717, 1.165) is 13.1 Å². The first-order chi connectivity index (χ1) is 5.97. The Morgan fingerprint density at radius 1 is 1.25 bits per heavy atom. The normalized spacial score (nSPS) is 19.2. The number of hydrogen-bond acceptors (Lipinski definition) is 2. The third-order valence-electron chi connectivity index (χ3n) is 1.78. The molecule has 0 spiro atoms. The second-order valence-corrected chi connectivity index (χ2v) is 2.50. The molecule has 0 aromatic heterocycles. The smallest absolute Gasteiger partial charge is 0.107 e. The van der Waals surface area contributed by atoms with Crippen molar-refractivity contribution >= 4 is 6.21 Å². The van der Waals surface area contributed by atoms with Gasteiger partial charge in [-0.3, -0.25) is 4.99 Å². The second kappa shape index (κ2) is 4.75. The molecule has 0 saturated heterocycles. The van der Waals surface area contributed by atoms with Crippen molar-refractivity contribution in [2.45, 2.75) is 26.7 Å². The Balaban J connectivity index is 0.000000336. The molecule has 1 heterocycles. The zero-order valence-corrected chi connectivity index (χ0v) is 7.80. The van der Waals surface area contributed by atoms with Crippen molar-refractivity contribution in [2.75, 3.05) is 6.67 Å². The van der Waals surface area contributed by atoms with Gasteiger partial charge in [0.05, 0.1) is 0 Å². The third kappa shape index (κ3) is 1.97. The molecule has 2 nitrogen and oxygen atoms in total. The maximum atomic E-state index is 4.12. The number of aliphatic imine (C=N–C) groups is 1. The third-order valence-corrected chi connectivity index (χ3v) is 1.78. The lowest BCUT2D eigenvalue weighted by Crippen LogP contribution is -2.21. The zero-order chi connectivity index (χ0) is 8.81. The Kier molecular flexibility index (Phi) is 3.58. The van der Waals surface area contributed by atoms with Crippen LogP contribution in [0.25, 0.3) is 0 Å². The van der Waals surface area contributed by atoms with Gasteiger partial charge in [0.2, 0.25) is 0 Å². The molecule has 0 fully saturated rings. The van der Waals surface area contributed by atoms with Crippen LogP contribution in [0.2, 0.25) is 0 Å². The van der Waals surface area contributed by atoms with Gasteiger partial charge in [-0.05, 0) is 12.8 Å². The standard InChI is InChI=1S/C8H10N2.C2H6/c1-2-4-8-7(3-1)5-9-6-10-8;1-2/h3-5,10H,1-2,6H2;1-2H3. The number of fused-ring (bicyclic) bond motifs is 1. The average Bonchev–Trinajstić information content (AvgIpc) is 2.21. The molecule has 1 aliphatic carbocycles. The fourth-order valence-electron chi connectivity index (χ4n) is 1.27. The van der Waals surface area contributed by atoms with Crippen molar-refractivity contribution in [3.05, 3.63) is 23.4 Å². The van der Waals surface area contributed by atoms with E-state index in [2.05, 4.69) is 22.5 Å². The topological polar surface area (TPSA) is 24.4 Å². The lowest BCUT2D eigenvalue weighted by molar-refractivity contribution is 0.804. The highest BCUT2D eigenvalue weighted by molar-refractivity contribution is 5.85. The molecule has 2 aliphatic rings. The van der Waals surface area contributed by atoms with Crippen LogP contribution in [0.5, 0.6) is 0 Å². The van der Waals surface area contributed by atoms with E-state index in [-0.39, 0.29) is 0 Å². The SMILES string of the molecule is C1=NCNC2=CCCC=C12.CC. The van der Waals surface area contributed by atoms with Gasteiger partial charge in [0, 0.05) is 17.5 Å². The van der Waals surface area contributed by atoms with E-state index < -0.39 is 0 Å². The van der Waals surface area contributed by atoms with Crippen molar-refractivity contribution in [3.8, 4) is 0 Å². The van der Waals surface area contributed by atoms with E-state index in [4.69, 9.17) is 0 Å². The summed E-state index contributed by atoms with van der Waals surface area (Å²) >= 11 is 0. The van der Waals surface area contributed by atoms with Crippen molar-refractivity contribution in [1.82, 2.24) is 5.32 Å². The molecule has 1 N–H and O–H groups in total. The van der Waals surface area contributed by atoms with Crippen LogP contribution in [0.4, 0.5) is 0 Å². The van der Waals surface area contributed by atoms with Gasteiger partial charge in [0.15, 0.2) is 0 Å². The first-order valence-electron chi connectivity index (χ1n) is 4.61. The Hall–Kier alpha value is -1.05. The second-order valence-electron chi connectivity index (χ2n) is 2.50. The lowest BCUT2D eigenvalue weighted by Gasteiger charge is -2.17. The number of hydrogen-bond donors (Lipinski definition) is 1. The summed E-state index contributed by atoms with van der Waals surface area (Å²) in [6, 6.07) is 0. The summed E-state index contributed by atoms with van der Waals surface area (Å²) in [5.74, 6) is 0. The summed E-state index contributed by atoms with van der Waals surface area (Å²) < 4.78 is 0. The maximum Gasteiger partial charge on any atom is 0.107 e. The van der Waals surface area contributed by atoms with E-state index in [1.807, 2.05) is 20.1 Å². The van der Waals surface area contributed by atoms with E-state index in [0.29, 0.717) is 0 Å². The molecule has 2 rings (SSSR count). The molecule has 0 unspecified atom stereocenters. The molecule has 0 aromatic carbocycles. The van der Waals surface area contributed by atoms with Crippen LogP contribution in [0.3, 0.4) is 0 Å². The predicted molar refractivity (Wildman–Crippen MR) is 53.2 cm³/mol. The molecule has 66 valence electrons. The molecule has 0 atom stereocenters. The molecule has 0 saturated carbocycles. The first kappa shape index (κ1) is 9.04. The Morgan fingerprint density at radius 3 is 2.75 bits per heavy atom. The minimum Gasteiger partial charge on any atom is -0.366 e. The Labute approximate surface area is 74.1 Å². The molecule has 0 bridgehead atoms. The first-order valence-corrected chi connectivity index (χ1v) is 4.61. The highest BCUT2D eigenvalue weighted by Crippen LogP contribution is 2.16. The van der Waals surface area contributed by atoms with E-state index in [1.54, 1.807) is 0 Å². The van der Waals surface area contributed by atoms with Crippen molar-refractivity contribution in [1.29, 1.82) is 0 Å². The zero-order valence-electron chi connectivity index (χ0n) is 7.80. The molecule has 0 amide bonds. The van der Waals surface area contributed by atoms with Crippen LogP contribution in [0, 0.1) is 0 Å². The largest absolute Gasteiger partial charge is 0.366 e. The van der Waals surface area contributed by atoms with Gasteiger partial charge in [-0.1, -0.05) is 26.0 Å². The molecular weight excluding hydrogens is 148 g/mol. The molecule has 12 heavy (non-hydrogen) atoms. The van der Waals surface area contributed by atoms with Crippen LogP contribution < -0.4 is 5.32 Å². The number of allylic oxidation sites excluding steroid dienone is 3. The fourth-order valence-corrected chi connectivity index (χ4v) is 1.27. The summed E-state index contributed by atoms with van der Waals surface area (Å²) in [6.45, 7) is 4.74. The Bertz CT molecular complexity index is 224. The van der Waals surface area contributed by atoms with Crippen molar-refractivity contribution in [3.63, 3.8) is 0 Å². The van der Waals surface area contributed by atoms with Crippen LogP contribution in [-0.2, 0) is 0 Å².